The van der Waals surface area contributed by atoms with E-state index in [0.29, 0.717) is 26.2 Å². The van der Waals surface area contributed by atoms with E-state index in [0.717, 1.165) is 0 Å². The number of rotatable bonds is 3. The number of hydrogen-bond donors (Lipinski definition) is 1. The Hall–Kier alpha value is -1.57. The minimum Gasteiger partial charge on any atom is -0.375 e. The maximum absolute atomic E-state index is 12.8. The molecule has 1 aromatic heterocycles. The van der Waals surface area contributed by atoms with Gasteiger partial charge in [-0.2, -0.15) is 13.2 Å². The van der Waals surface area contributed by atoms with Crippen LogP contribution in [0.5, 0.6) is 0 Å². The van der Waals surface area contributed by atoms with Gasteiger partial charge in [-0.25, -0.2) is 9.97 Å². The fourth-order valence-electron chi connectivity index (χ4n) is 2.02. The Balaban J connectivity index is 2.33. The summed E-state index contributed by atoms with van der Waals surface area (Å²) < 4.78 is 43.9. The van der Waals surface area contributed by atoms with Crippen LogP contribution in [0.2, 0.25) is 0 Å². The first kappa shape index (κ1) is 14.8. The molecule has 0 radical (unpaired) electrons. The molecule has 0 amide bonds. The summed E-state index contributed by atoms with van der Waals surface area (Å²) in [5.41, 5.74) is 0. The minimum absolute atomic E-state index is 0.0318. The molecule has 1 saturated heterocycles. The van der Waals surface area contributed by atoms with Crippen LogP contribution in [0, 0.1) is 0 Å². The molecule has 0 bridgehead atoms. The highest BCUT2D eigenvalue weighted by Crippen LogP contribution is 2.29. The van der Waals surface area contributed by atoms with Crippen LogP contribution in [0.1, 0.15) is 19.7 Å². The number of anilines is 2. The Kier molecular flexibility index (Phi) is 4.32. The lowest BCUT2D eigenvalue weighted by molar-refractivity contribution is -0.144. The number of hydrogen-bond acceptors (Lipinski definition) is 5. The quantitative estimate of drug-likeness (QED) is 0.924. The zero-order valence-electron chi connectivity index (χ0n) is 11.4. The first-order valence-electron chi connectivity index (χ1n) is 6.47. The zero-order chi connectivity index (χ0) is 14.8. The molecule has 20 heavy (non-hydrogen) atoms. The SMILES string of the molecule is CCNc1cc(N2CCOC(C)C2)nc(C(F)(F)F)n1. The number of halogens is 3. The molecule has 1 aliphatic heterocycles. The molecule has 0 aromatic carbocycles. The first-order chi connectivity index (χ1) is 9.40. The Morgan fingerprint density at radius 1 is 1.45 bits per heavy atom. The third kappa shape index (κ3) is 3.50. The second kappa shape index (κ2) is 5.82. The predicted molar refractivity (Wildman–Crippen MR) is 68.8 cm³/mol. The molecule has 2 heterocycles. The fraction of sp³-hybridized carbons (Fsp3) is 0.667. The van der Waals surface area contributed by atoms with Crippen LogP contribution in [0.4, 0.5) is 24.8 Å². The topological polar surface area (TPSA) is 50.3 Å². The maximum atomic E-state index is 12.8. The first-order valence-corrected chi connectivity index (χ1v) is 6.47. The molecule has 5 nitrogen and oxygen atoms in total. The van der Waals surface area contributed by atoms with Gasteiger partial charge in [0.15, 0.2) is 0 Å². The highest BCUT2D eigenvalue weighted by Gasteiger charge is 2.36. The standard InChI is InChI=1S/C12H17F3N4O/c1-3-16-9-6-10(18-11(17-9)12(13,14)15)19-4-5-20-8(2)7-19/h6,8H,3-5,7H2,1-2H3,(H,16,17,18). The summed E-state index contributed by atoms with van der Waals surface area (Å²) in [4.78, 5) is 8.93. The van der Waals surface area contributed by atoms with Crippen molar-refractivity contribution in [3.63, 3.8) is 0 Å². The van der Waals surface area contributed by atoms with Gasteiger partial charge in [0.2, 0.25) is 5.82 Å². The van der Waals surface area contributed by atoms with Gasteiger partial charge in [-0.3, -0.25) is 0 Å². The van der Waals surface area contributed by atoms with Crippen molar-refractivity contribution in [3.8, 4) is 0 Å². The Bertz CT molecular complexity index is 467. The average Bonchev–Trinajstić information content (AvgIpc) is 2.38. The van der Waals surface area contributed by atoms with E-state index in [2.05, 4.69) is 15.3 Å². The fourth-order valence-corrected chi connectivity index (χ4v) is 2.02. The molecule has 1 atom stereocenters. The molecule has 1 N–H and O–H groups in total. The van der Waals surface area contributed by atoms with Gasteiger partial charge in [-0.15, -0.1) is 0 Å². The van der Waals surface area contributed by atoms with Crippen molar-refractivity contribution < 1.29 is 17.9 Å². The van der Waals surface area contributed by atoms with Gasteiger partial charge in [0.25, 0.3) is 0 Å². The molecule has 1 aliphatic rings. The van der Waals surface area contributed by atoms with E-state index >= 15 is 0 Å². The van der Waals surface area contributed by atoms with Crippen molar-refractivity contribution >= 4 is 11.6 Å². The third-order valence-electron chi connectivity index (χ3n) is 2.89. The lowest BCUT2D eigenvalue weighted by Crippen LogP contribution is -2.41. The largest absolute Gasteiger partial charge is 0.451 e. The Morgan fingerprint density at radius 3 is 2.80 bits per heavy atom. The number of alkyl halides is 3. The van der Waals surface area contributed by atoms with Crippen molar-refractivity contribution in [3.05, 3.63) is 11.9 Å². The smallest absolute Gasteiger partial charge is 0.375 e. The number of aromatic nitrogens is 2. The Morgan fingerprint density at radius 2 is 2.20 bits per heavy atom. The van der Waals surface area contributed by atoms with Gasteiger partial charge in [0, 0.05) is 25.7 Å². The molecule has 8 heteroatoms. The van der Waals surface area contributed by atoms with Crippen molar-refractivity contribution in [1.82, 2.24) is 9.97 Å². The van der Waals surface area contributed by atoms with Crippen molar-refractivity contribution in [1.29, 1.82) is 0 Å². The third-order valence-corrected chi connectivity index (χ3v) is 2.89. The van der Waals surface area contributed by atoms with Crippen molar-refractivity contribution in [2.75, 3.05) is 36.5 Å². The van der Waals surface area contributed by atoms with E-state index in [1.54, 1.807) is 11.8 Å². The molecule has 0 saturated carbocycles. The number of nitrogens with zero attached hydrogens (tertiary/aromatic N) is 3. The van der Waals surface area contributed by atoms with E-state index in [1.807, 2.05) is 6.92 Å². The summed E-state index contributed by atoms with van der Waals surface area (Å²) in [6.45, 7) is 5.68. The van der Waals surface area contributed by atoms with Gasteiger partial charge in [-0.1, -0.05) is 0 Å². The summed E-state index contributed by atoms with van der Waals surface area (Å²) in [7, 11) is 0. The Labute approximate surface area is 115 Å². The molecule has 0 aliphatic carbocycles. The normalized spacial score (nSPS) is 20.1. The van der Waals surface area contributed by atoms with E-state index in [9.17, 15) is 13.2 Å². The van der Waals surface area contributed by atoms with Gasteiger partial charge in [0.1, 0.15) is 11.6 Å². The predicted octanol–water partition coefficient (Wildman–Crippen LogP) is 2.15. The number of nitrogens with one attached hydrogen (secondary N) is 1. The molecule has 112 valence electrons. The summed E-state index contributed by atoms with van der Waals surface area (Å²) in [5, 5.41) is 2.80. The van der Waals surface area contributed by atoms with Crippen LogP contribution in [0.25, 0.3) is 0 Å². The van der Waals surface area contributed by atoms with E-state index in [4.69, 9.17) is 4.74 Å². The lowest BCUT2D eigenvalue weighted by Gasteiger charge is -2.32. The molecule has 2 rings (SSSR count). The average molecular weight is 290 g/mol. The zero-order valence-corrected chi connectivity index (χ0v) is 11.4. The van der Waals surface area contributed by atoms with Crippen molar-refractivity contribution in [2.24, 2.45) is 0 Å². The van der Waals surface area contributed by atoms with Crippen LogP contribution in [0.3, 0.4) is 0 Å². The summed E-state index contributed by atoms with van der Waals surface area (Å²) in [6.07, 6.45) is -4.59. The molecule has 0 spiro atoms. The minimum atomic E-state index is -4.56. The molecule has 1 aromatic rings. The van der Waals surface area contributed by atoms with Crippen LogP contribution in [0.15, 0.2) is 6.07 Å². The summed E-state index contributed by atoms with van der Waals surface area (Å²) in [5.74, 6) is -0.660. The highest BCUT2D eigenvalue weighted by molar-refractivity contribution is 5.50. The van der Waals surface area contributed by atoms with Gasteiger partial charge >= 0.3 is 6.18 Å². The van der Waals surface area contributed by atoms with Crippen LogP contribution in [-0.2, 0) is 10.9 Å². The van der Waals surface area contributed by atoms with Crippen LogP contribution in [-0.4, -0.2) is 42.3 Å². The van der Waals surface area contributed by atoms with Crippen LogP contribution >= 0.6 is 0 Å². The second-order valence-corrected chi connectivity index (χ2v) is 4.59. The molecular formula is C12H17F3N4O. The van der Waals surface area contributed by atoms with E-state index in [-0.39, 0.29) is 17.7 Å². The van der Waals surface area contributed by atoms with Crippen molar-refractivity contribution in [2.45, 2.75) is 26.1 Å². The number of ether oxygens (including phenoxy) is 1. The van der Waals surface area contributed by atoms with E-state index < -0.39 is 12.0 Å². The van der Waals surface area contributed by atoms with Crippen LogP contribution < -0.4 is 10.2 Å². The maximum Gasteiger partial charge on any atom is 0.451 e. The lowest BCUT2D eigenvalue weighted by atomic mass is 10.3. The van der Waals surface area contributed by atoms with Gasteiger partial charge in [0.05, 0.1) is 12.7 Å². The highest BCUT2D eigenvalue weighted by atomic mass is 19.4. The molecular weight excluding hydrogens is 273 g/mol. The van der Waals surface area contributed by atoms with E-state index in [1.165, 1.54) is 6.07 Å². The monoisotopic (exact) mass is 290 g/mol. The summed E-state index contributed by atoms with van der Waals surface area (Å²) in [6, 6.07) is 1.54. The van der Waals surface area contributed by atoms with Gasteiger partial charge in [-0.05, 0) is 13.8 Å². The molecule has 1 fully saturated rings. The second-order valence-electron chi connectivity index (χ2n) is 4.59. The molecule has 1 unspecified atom stereocenters. The van der Waals surface area contributed by atoms with Gasteiger partial charge < -0.3 is 15.0 Å². The summed E-state index contributed by atoms with van der Waals surface area (Å²) >= 11 is 0. The number of morpholine rings is 1.